The number of pyridine rings is 2. The number of rotatable bonds is 19. The van der Waals surface area contributed by atoms with Gasteiger partial charge in [0.1, 0.15) is 53.1 Å². The van der Waals surface area contributed by atoms with Crippen LogP contribution in [0.4, 0.5) is 22.7 Å². The second kappa shape index (κ2) is 42.0. The molecule has 548 valence electrons. The number of morpholine rings is 4. The van der Waals surface area contributed by atoms with Gasteiger partial charge in [-0.25, -0.2) is 9.97 Å². The third-order valence-corrected chi connectivity index (χ3v) is 17.7. The van der Waals surface area contributed by atoms with E-state index in [1.807, 2.05) is 78.9 Å². The highest BCUT2D eigenvalue weighted by Gasteiger charge is 2.19. The number of ether oxygens (including phenoxy) is 7. The quantitative estimate of drug-likeness (QED) is 0.0169. The Balaban J connectivity index is 0.000000151. The van der Waals surface area contributed by atoms with Crippen LogP contribution < -0.4 is 25.3 Å². The SMILES string of the molecule is ClCCN1CCOCC1.Nc1ccc(OCCN2CCOCC2)c2ccccc12.O=C(Cl)c1ccnc(Cl)c1.O=C(Nc1ccc(OCCN2CCOCC2)c2ccccc12)c1ccnc(Cl)c1.O=[N+]([O-])c1ccc(O)c2ccccc12.O=[N+]([O-])c1ccc(OCCN2CCOCC2)c2ccccc12. The van der Waals surface area contributed by atoms with E-state index in [2.05, 4.69) is 41.0 Å². The van der Waals surface area contributed by atoms with Gasteiger partial charge < -0.3 is 49.3 Å². The fourth-order valence-corrected chi connectivity index (χ4v) is 12.1. The van der Waals surface area contributed by atoms with Crippen LogP contribution in [0, 0.1) is 20.2 Å². The first-order valence-electron chi connectivity index (χ1n) is 33.8. The Morgan fingerprint density at radius 3 is 1.26 bits per heavy atom. The topological polar surface area (TPSA) is 282 Å². The summed E-state index contributed by atoms with van der Waals surface area (Å²) in [5.74, 6) is 2.96. The van der Waals surface area contributed by atoms with Crippen molar-refractivity contribution in [1.29, 1.82) is 0 Å². The number of halogens is 4. The molecule has 0 aliphatic carbocycles. The molecule has 0 saturated carbocycles. The number of alkyl halides is 1. The average Bonchev–Trinajstić information content (AvgIpc) is 0.817. The highest BCUT2D eigenvalue weighted by molar-refractivity contribution is 6.67. The normalized spacial score (nSPS) is 14.8. The van der Waals surface area contributed by atoms with E-state index in [1.54, 1.807) is 54.6 Å². The van der Waals surface area contributed by atoms with Gasteiger partial charge >= 0.3 is 0 Å². The Morgan fingerprint density at radius 2 is 0.827 bits per heavy atom. The van der Waals surface area contributed by atoms with E-state index in [4.69, 9.17) is 85.3 Å². The van der Waals surface area contributed by atoms with E-state index in [0.717, 1.165) is 187 Å². The van der Waals surface area contributed by atoms with Gasteiger partial charge in [-0.15, -0.1) is 11.6 Å². The fraction of sp³-hybridized carbons (Fsp3) is 0.316. The van der Waals surface area contributed by atoms with Crippen molar-refractivity contribution >= 4 is 123 Å². The molecule has 24 nitrogen and oxygen atoms in total. The number of anilines is 2. The lowest BCUT2D eigenvalue weighted by molar-refractivity contribution is -0.383. The summed E-state index contributed by atoms with van der Waals surface area (Å²) in [6.07, 6.45) is 2.94. The second-order valence-electron chi connectivity index (χ2n) is 23.7. The van der Waals surface area contributed by atoms with Gasteiger partial charge in [0.05, 0.1) is 73.5 Å². The molecule has 0 radical (unpaired) electrons. The number of carbonyl (C=O) groups excluding carboxylic acids is 2. The highest BCUT2D eigenvalue weighted by Crippen LogP contribution is 2.36. The number of hydrogen-bond donors (Lipinski definition) is 3. The van der Waals surface area contributed by atoms with Crippen LogP contribution in [0.25, 0.3) is 43.1 Å². The lowest BCUT2D eigenvalue weighted by atomic mass is 10.1. The summed E-state index contributed by atoms with van der Waals surface area (Å²) in [6, 6.07) is 49.5. The highest BCUT2D eigenvalue weighted by atomic mass is 35.5. The van der Waals surface area contributed by atoms with Crippen LogP contribution in [0.5, 0.6) is 23.0 Å². The molecule has 4 saturated heterocycles. The third-order valence-electron chi connectivity index (χ3n) is 16.9. The van der Waals surface area contributed by atoms with E-state index in [1.165, 1.54) is 42.7 Å². The van der Waals surface area contributed by atoms with Crippen molar-refractivity contribution in [2.24, 2.45) is 0 Å². The first kappa shape index (κ1) is 79.0. The Bertz CT molecular complexity index is 4430. The lowest BCUT2D eigenvalue weighted by Gasteiger charge is -2.26. The van der Waals surface area contributed by atoms with Crippen molar-refractivity contribution in [2.45, 2.75) is 0 Å². The summed E-state index contributed by atoms with van der Waals surface area (Å²) >= 11 is 22.1. The number of benzene rings is 8. The number of amides is 1. The van der Waals surface area contributed by atoms with Crippen LogP contribution in [-0.2, 0) is 18.9 Å². The summed E-state index contributed by atoms with van der Waals surface area (Å²) < 4.78 is 39.0. The number of fused-ring (bicyclic) bond motifs is 4. The third kappa shape index (κ3) is 24.2. The smallest absolute Gasteiger partial charge is 0.277 e. The number of aromatic hydroxyl groups is 1. The molecule has 8 aromatic carbocycles. The number of non-ortho nitro benzene ring substituents is 2. The Labute approximate surface area is 622 Å². The van der Waals surface area contributed by atoms with Crippen LogP contribution in [-0.4, -0.2) is 213 Å². The van der Waals surface area contributed by atoms with Crippen molar-refractivity contribution in [3.05, 3.63) is 224 Å². The van der Waals surface area contributed by atoms with E-state index in [9.17, 15) is 34.9 Å². The molecule has 28 heteroatoms. The molecular formula is C76H82Cl4N10O14. The number of nitrogens with zero attached hydrogens (tertiary/aromatic N) is 8. The minimum atomic E-state index is -0.524. The average molecular weight is 1500 g/mol. The summed E-state index contributed by atoms with van der Waals surface area (Å²) in [4.78, 5) is 60.9. The maximum absolute atomic E-state index is 12.6. The fourth-order valence-electron chi connectivity index (χ4n) is 11.4. The minimum Gasteiger partial charge on any atom is -0.507 e. The molecule has 6 heterocycles. The number of nitrogens with two attached hydrogens (primary N) is 1. The summed E-state index contributed by atoms with van der Waals surface area (Å²) in [5.41, 5.74) is 8.45. The van der Waals surface area contributed by atoms with Crippen LogP contribution in [0.15, 0.2) is 182 Å². The predicted molar refractivity (Wildman–Crippen MR) is 408 cm³/mol. The van der Waals surface area contributed by atoms with E-state index in [0.29, 0.717) is 52.9 Å². The summed E-state index contributed by atoms with van der Waals surface area (Å²) in [6.45, 7) is 19.7. The van der Waals surface area contributed by atoms with E-state index < -0.39 is 10.2 Å². The van der Waals surface area contributed by atoms with Gasteiger partial charge in [-0.3, -0.25) is 49.4 Å². The molecule has 0 unspecified atom stereocenters. The number of nitro benzene ring substituents is 2. The summed E-state index contributed by atoms with van der Waals surface area (Å²) in [7, 11) is 0. The molecule has 4 aliphatic heterocycles. The molecular weight excluding hydrogens is 1420 g/mol. The van der Waals surface area contributed by atoms with Crippen LogP contribution in [0.3, 0.4) is 0 Å². The number of phenolic OH excluding ortho intramolecular Hbond substituents is 1. The number of carbonyl (C=O) groups is 2. The monoisotopic (exact) mass is 1500 g/mol. The number of nitrogen functional groups attached to an aromatic ring is 1. The van der Waals surface area contributed by atoms with Crippen LogP contribution in [0.1, 0.15) is 20.7 Å². The van der Waals surface area contributed by atoms with Gasteiger partial charge in [-0.1, -0.05) is 108 Å². The van der Waals surface area contributed by atoms with Gasteiger partial charge in [-0.05, 0) is 84.4 Å². The van der Waals surface area contributed by atoms with Gasteiger partial charge in [0.2, 0.25) is 0 Å². The molecule has 4 fully saturated rings. The van der Waals surface area contributed by atoms with Gasteiger partial charge in [0.15, 0.2) is 0 Å². The molecule has 0 spiro atoms. The first-order chi connectivity index (χ1) is 50.6. The zero-order valence-corrected chi connectivity index (χ0v) is 60.2. The Hall–Kier alpha value is -9.12. The number of hydrogen-bond acceptors (Lipinski definition) is 21. The number of aromatic nitrogens is 2. The largest absolute Gasteiger partial charge is 0.507 e. The number of nitro groups is 2. The maximum atomic E-state index is 12.6. The molecule has 10 aromatic rings. The maximum Gasteiger partial charge on any atom is 0.277 e. The minimum absolute atomic E-state index is 0.0124. The molecule has 4 N–H and O–H groups in total. The van der Waals surface area contributed by atoms with Crippen LogP contribution in [0.2, 0.25) is 10.3 Å². The number of nitrogens with one attached hydrogen (secondary N) is 1. The van der Waals surface area contributed by atoms with E-state index in [-0.39, 0.29) is 38.3 Å². The van der Waals surface area contributed by atoms with Crippen molar-refractivity contribution < 1.29 is 57.7 Å². The molecule has 1 amide bonds. The second-order valence-corrected chi connectivity index (χ2v) is 25.2. The first-order valence-corrected chi connectivity index (χ1v) is 35.5. The number of phenols is 1. The van der Waals surface area contributed by atoms with Crippen molar-refractivity contribution in [2.75, 3.05) is 168 Å². The van der Waals surface area contributed by atoms with Crippen molar-refractivity contribution in [3.63, 3.8) is 0 Å². The van der Waals surface area contributed by atoms with Crippen molar-refractivity contribution in [3.8, 4) is 23.0 Å². The van der Waals surface area contributed by atoms with Gasteiger partial charge in [-0.2, -0.15) is 0 Å². The molecule has 104 heavy (non-hydrogen) atoms. The molecule has 0 atom stereocenters. The zero-order chi connectivity index (χ0) is 73.4. The Morgan fingerprint density at radius 1 is 0.471 bits per heavy atom. The van der Waals surface area contributed by atoms with Gasteiger partial charge in [0, 0.05) is 164 Å². The summed E-state index contributed by atoms with van der Waals surface area (Å²) in [5, 5.41) is 40.5. The van der Waals surface area contributed by atoms with Crippen LogP contribution >= 0.6 is 46.4 Å². The van der Waals surface area contributed by atoms with Crippen molar-refractivity contribution in [1.82, 2.24) is 29.6 Å². The molecule has 0 bridgehead atoms. The predicted octanol–water partition coefficient (Wildman–Crippen LogP) is 13.6. The lowest BCUT2D eigenvalue weighted by Crippen LogP contribution is -2.38. The zero-order valence-electron chi connectivity index (χ0n) is 57.2. The molecule has 14 rings (SSSR count). The standard InChI is InChI=1S/C22H22ClN3O3.C16H18N2O4.C16H20N2O2.C10H7NO3.C6H3Cl2NO.C6H12ClNO/c23-21-15-16(7-8-24-21)22(27)25-19-5-6-20(18-4-2-1-3-17(18)19)29-14-11-26-9-12-28-13-10-26;19-18(20)15-5-6-16(14-4-2-1-3-13(14)15)22-12-9-17-7-10-21-11-8-17;17-15-5-6-16(14-4-2-1-3-13(14)15)20-12-9-18-7-10-19-11-8-18;12-10-6-5-9(11(13)14)7-3-1-2-4-8(7)10;7-5-3-4(6(8)10)1-2-9-5;7-1-2-8-3-5-9-6-4-8/h1-8,15H,9-14H2,(H,25,27);1-6H,7-12H2;1-6H,7-12,17H2;1-6,12H;1-3H;1-6H2. The Kier molecular flexibility index (Phi) is 31.9. The molecule has 4 aliphatic rings. The van der Waals surface area contributed by atoms with E-state index >= 15 is 0 Å². The van der Waals surface area contributed by atoms with Gasteiger partial charge in [0.25, 0.3) is 22.5 Å². The molecule has 2 aromatic heterocycles.